The Kier molecular flexibility index (Phi) is 3.65. The number of aliphatic imine (C=N–C) groups is 1. The van der Waals surface area contributed by atoms with Crippen molar-refractivity contribution in [1.29, 1.82) is 0 Å². The molecule has 0 fully saturated rings. The fourth-order valence-corrected chi connectivity index (χ4v) is 5.58. The fourth-order valence-electron chi connectivity index (χ4n) is 5.58. The number of hydrogen-bond donors (Lipinski definition) is 2. The molecule has 0 unspecified atom stereocenters. The lowest BCUT2D eigenvalue weighted by Gasteiger charge is -2.45. The maximum absolute atomic E-state index is 6.17. The zero-order valence-electron chi connectivity index (χ0n) is 16.5. The largest absolute Gasteiger partial charge is 0.370 e. The van der Waals surface area contributed by atoms with Gasteiger partial charge in [-0.25, -0.2) is 9.98 Å². The number of nitrogens with zero attached hydrogens (tertiary/aromatic N) is 3. The van der Waals surface area contributed by atoms with Gasteiger partial charge in [-0.2, -0.15) is 0 Å². The van der Waals surface area contributed by atoms with Gasteiger partial charge >= 0.3 is 0 Å². The predicted octanol–water partition coefficient (Wildman–Crippen LogP) is 4.83. The number of nitrogens with one attached hydrogen (secondary N) is 1. The topological polar surface area (TPSA) is 68.2 Å². The van der Waals surface area contributed by atoms with Crippen LogP contribution in [-0.2, 0) is 0 Å². The van der Waals surface area contributed by atoms with E-state index in [0.717, 1.165) is 23.4 Å². The minimum atomic E-state index is 0.00965. The number of para-hydroxylation sites is 2. The number of nitrogens with two attached hydrogens (primary N) is 1. The second-order valence-corrected chi connectivity index (χ2v) is 9.22. The molecule has 1 aromatic heterocycles. The molecule has 0 radical (unpaired) electrons. The first-order chi connectivity index (χ1) is 12.9. The molecule has 1 aromatic carbocycles. The Hall–Kier alpha value is -2.30. The molecule has 0 saturated heterocycles. The van der Waals surface area contributed by atoms with Gasteiger partial charge in [0.25, 0.3) is 0 Å². The molecular weight excluding hydrogens is 334 g/mol. The molecule has 0 amide bonds. The van der Waals surface area contributed by atoms with E-state index in [9.17, 15) is 0 Å². The minimum absolute atomic E-state index is 0.00965. The maximum Gasteiger partial charge on any atom is 0.212 e. The van der Waals surface area contributed by atoms with E-state index in [1.807, 2.05) is 6.07 Å². The molecule has 5 rings (SSSR count). The van der Waals surface area contributed by atoms with Gasteiger partial charge in [0.15, 0.2) is 5.96 Å². The van der Waals surface area contributed by atoms with Crippen LogP contribution in [0, 0.1) is 17.3 Å². The summed E-state index contributed by atoms with van der Waals surface area (Å²) in [6.45, 7) is 7.24. The molecule has 2 heterocycles. The molecule has 1 aliphatic heterocycles. The van der Waals surface area contributed by atoms with Crippen molar-refractivity contribution in [2.24, 2.45) is 28.0 Å². The predicted molar refractivity (Wildman–Crippen MR) is 111 cm³/mol. The zero-order chi connectivity index (χ0) is 18.8. The summed E-state index contributed by atoms with van der Waals surface area (Å²) in [4.78, 5) is 9.65. The van der Waals surface area contributed by atoms with E-state index >= 15 is 0 Å². The van der Waals surface area contributed by atoms with E-state index in [1.54, 1.807) is 11.1 Å². The number of aromatic nitrogens is 2. The maximum atomic E-state index is 6.17. The molecule has 3 N–H and O–H groups in total. The molecular formula is C22H29N5. The lowest BCUT2D eigenvalue weighted by Crippen LogP contribution is -2.38. The van der Waals surface area contributed by atoms with Crippen LogP contribution < -0.4 is 11.1 Å². The van der Waals surface area contributed by atoms with Crippen molar-refractivity contribution in [3.05, 3.63) is 35.4 Å². The van der Waals surface area contributed by atoms with Crippen molar-refractivity contribution >= 4 is 22.9 Å². The van der Waals surface area contributed by atoms with Gasteiger partial charge in [0, 0.05) is 5.92 Å². The highest BCUT2D eigenvalue weighted by atomic mass is 15.4. The SMILES string of the molecule is C[C@H]1CC2=C(C[C@H]1[C@@H]1N=C(N)Nc3nc4ccccc4n31)C(C)(C)CCC2. The number of anilines is 1. The van der Waals surface area contributed by atoms with Crippen molar-refractivity contribution in [1.82, 2.24) is 9.55 Å². The molecule has 0 bridgehead atoms. The molecule has 2 aromatic rings. The van der Waals surface area contributed by atoms with Crippen LogP contribution in [0.15, 0.2) is 40.4 Å². The number of imidazole rings is 1. The first-order valence-corrected chi connectivity index (χ1v) is 10.2. The van der Waals surface area contributed by atoms with Crippen LogP contribution in [0.5, 0.6) is 0 Å². The van der Waals surface area contributed by atoms with E-state index in [2.05, 4.69) is 48.9 Å². The quantitative estimate of drug-likeness (QED) is 0.713. The number of benzene rings is 1. The zero-order valence-corrected chi connectivity index (χ0v) is 16.5. The summed E-state index contributed by atoms with van der Waals surface area (Å²) in [5.74, 6) is 2.34. The van der Waals surface area contributed by atoms with Crippen molar-refractivity contribution in [3.8, 4) is 0 Å². The van der Waals surface area contributed by atoms with Crippen LogP contribution in [0.1, 0.15) is 59.0 Å². The molecule has 0 spiro atoms. The average Bonchev–Trinajstić information content (AvgIpc) is 2.98. The molecule has 3 aliphatic rings. The van der Waals surface area contributed by atoms with E-state index < -0.39 is 0 Å². The standard InChI is InChI=1S/C22H29N5/c1-13-11-14-7-6-10-22(2,3)16(14)12-15(13)19-25-20(23)26-21-24-17-8-4-5-9-18(17)27(19)21/h4-5,8-9,13,15,19H,6-7,10-12H2,1-3H3,(H3,23,24,25,26)/t13-,15+,19+/m0/s1. The van der Waals surface area contributed by atoms with E-state index in [1.165, 1.54) is 25.7 Å². The Labute approximate surface area is 160 Å². The molecule has 3 atom stereocenters. The van der Waals surface area contributed by atoms with Crippen molar-refractivity contribution in [3.63, 3.8) is 0 Å². The van der Waals surface area contributed by atoms with Crippen LogP contribution in [0.3, 0.4) is 0 Å². The van der Waals surface area contributed by atoms with Gasteiger partial charge in [-0.3, -0.25) is 9.88 Å². The monoisotopic (exact) mass is 363 g/mol. The molecule has 5 nitrogen and oxygen atoms in total. The smallest absolute Gasteiger partial charge is 0.212 e. The van der Waals surface area contributed by atoms with Gasteiger partial charge in [-0.15, -0.1) is 0 Å². The van der Waals surface area contributed by atoms with E-state index in [4.69, 9.17) is 15.7 Å². The second kappa shape index (κ2) is 5.85. The summed E-state index contributed by atoms with van der Waals surface area (Å²) in [7, 11) is 0. The highest BCUT2D eigenvalue weighted by Gasteiger charge is 2.41. The van der Waals surface area contributed by atoms with Gasteiger partial charge in [-0.05, 0) is 55.6 Å². The molecule has 2 aliphatic carbocycles. The average molecular weight is 364 g/mol. The Morgan fingerprint density at radius 2 is 2.04 bits per heavy atom. The second-order valence-electron chi connectivity index (χ2n) is 9.22. The summed E-state index contributed by atoms with van der Waals surface area (Å²) in [6, 6.07) is 8.31. The van der Waals surface area contributed by atoms with Crippen LogP contribution >= 0.6 is 0 Å². The summed E-state index contributed by atoms with van der Waals surface area (Å²) < 4.78 is 2.27. The summed E-state index contributed by atoms with van der Waals surface area (Å²) in [5.41, 5.74) is 12.0. The number of fused-ring (bicyclic) bond motifs is 3. The van der Waals surface area contributed by atoms with Crippen LogP contribution in [-0.4, -0.2) is 15.5 Å². The van der Waals surface area contributed by atoms with Gasteiger partial charge in [0.1, 0.15) is 6.17 Å². The van der Waals surface area contributed by atoms with E-state index in [0.29, 0.717) is 23.2 Å². The lowest BCUT2D eigenvalue weighted by atomic mass is 9.63. The summed E-state index contributed by atoms with van der Waals surface area (Å²) in [6.07, 6.45) is 6.24. The Morgan fingerprint density at radius 3 is 2.89 bits per heavy atom. The van der Waals surface area contributed by atoms with Crippen molar-refractivity contribution < 1.29 is 0 Å². The van der Waals surface area contributed by atoms with Crippen LogP contribution in [0.4, 0.5) is 5.95 Å². The van der Waals surface area contributed by atoms with E-state index in [-0.39, 0.29) is 6.17 Å². The summed E-state index contributed by atoms with van der Waals surface area (Å²) in [5, 5.41) is 3.17. The summed E-state index contributed by atoms with van der Waals surface area (Å²) >= 11 is 0. The third-order valence-corrected chi connectivity index (χ3v) is 7.02. The fraction of sp³-hybridized carbons (Fsp3) is 0.545. The van der Waals surface area contributed by atoms with Crippen molar-refractivity contribution in [2.45, 2.75) is 59.0 Å². The highest BCUT2D eigenvalue weighted by molar-refractivity contribution is 5.94. The first-order valence-electron chi connectivity index (χ1n) is 10.2. The minimum Gasteiger partial charge on any atom is -0.370 e. The highest BCUT2D eigenvalue weighted by Crippen LogP contribution is 2.52. The number of rotatable bonds is 1. The molecule has 142 valence electrons. The number of allylic oxidation sites excluding steroid dienone is 2. The third kappa shape index (κ3) is 2.59. The molecule has 5 heteroatoms. The number of guanidine groups is 1. The number of hydrogen-bond acceptors (Lipinski definition) is 4. The van der Waals surface area contributed by atoms with Gasteiger partial charge < -0.3 is 5.73 Å². The van der Waals surface area contributed by atoms with Gasteiger partial charge in [0.2, 0.25) is 5.95 Å². The third-order valence-electron chi connectivity index (χ3n) is 7.02. The Morgan fingerprint density at radius 1 is 1.22 bits per heavy atom. The normalized spacial score (nSPS) is 29.7. The van der Waals surface area contributed by atoms with Crippen LogP contribution in [0.2, 0.25) is 0 Å². The van der Waals surface area contributed by atoms with Gasteiger partial charge in [0.05, 0.1) is 11.0 Å². The van der Waals surface area contributed by atoms with Crippen LogP contribution in [0.25, 0.3) is 11.0 Å². The van der Waals surface area contributed by atoms with Gasteiger partial charge in [-0.1, -0.05) is 44.1 Å². The Bertz CT molecular complexity index is 964. The molecule has 0 saturated carbocycles. The van der Waals surface area contributed by atoms with Crippen molar-refractivity contribution in [2.75, 3.05) is 5.32 Å². The lowest BCUT2D eigenvalue weighted by molar-refractivity contribution is 0.199. The molecule has 27 heavy (non-hydrogen) atoms. The Balaban J connectivity index is 1.60. The first kappa shape index (κ1) is 16.8.